The molecule has 0 spiro atoms. The Morgan fingerprint density at radius 2 is 1.87 bits per heavy atom. The maximum Gasteiger partial charge on any atom is 0.334 e. The zero-order valence-corrected chi connectivity index (χ0v) is 13.7. The summed E-state index contributed by atoms with van der Waals surface area (Å²) in [6.45, 7) is -0.107. The largest absolute Gasteiger partial charge is 0.479 e. The van der Waals surface area contributed by atoms with Crippen molar-refractivity contribution in [3.63, 3.8) is 0 Å². The van der Waals surface area contributed by atoms with Crippen LogP contribution in [-0.2, 0) is 30.8 Å². The smallest absolute Gasteiger partial charge is 0.334 e. The van der Waals surface area contributed by atoms with E-state index in [0.29, 0.717) is 6.42 Å². The number of amides is 1. The van der Waals surface area contributed by atoms with Crippen molar-refractivity contribution in [2.75, 3.05) is 20.7 Å². The molecule has 1 rings (SSSR count). The van der Waals surface area contributed by atoms with Crippen molar-refractivity contribution in [2.24, 2.45) is 0 Å². The lowest BCUT2D eigenvalue weighted by Gasteiger charge is -2.11. The van der Waals surface area contributed by atoms with Crippen molar-refractivity contribution in [1.82, 2.24) is 10.0 Å². The lowest BCUT2D eigenvalue weighted by atomic mass is 10.1. The summed E-state index contributed by atoms with van der Waals surface area (Å²) in [5.41, 5.74) is 0.803. The third kappa shape index (κ3) is 5.97. The van der Waals surface area contributed by atoms with E-state index >= 15 is 0 Å². The van der Waals surface area contributed by atoms with E-state index in [2.05, 4.69) is 10.0 Å². The molecule has 0 aromatic heterocycles. The Morgan fingerprint density at radius 1 is 1.26 bits per heavy atom. The van der Waals surface area contributed by atoms with E-state index in [4.69, 9.17) is 9.84 Å². The third-order valence-corrected chi connectivity index (χ3v) is 4.62. The second-order valence-corrected chi connectivity index (χ2v) is 6.60. The molecule has 0 fully saturated rings. The number of carbonyl (C=O) groups is 2. The number of nitrogens with one attached hydrogen (secondary N) is 2. The van der Waals surface area contributed by atoms with E-state index in [1.807, 2.05) is 0 Å². The molecule has 9 heteroatoms. The molecule has 0 saturated heterocycles. The Bertz CT molecular complexity index is 642. The zero-order valence-electron chi connectivity index (χ0n) is 12.9. The normalized spacial score (nSPS) is 12.6. The number of ether oxygens (including phenoxy) is 1. The number of carboxylic acid groups (broad SMARTS) is 1. The molecule has 0 aliphatic heterocycles. The summed E-state index contributed by atoms with van der Waals surface area (Å²) in [6.07, 6.45) is -0.505. The zero-order chi connectivity index (χ0) is 17.5. The average Bonchev–Trinajstić information content (AvgIpc) is 2.53. The van der Waals surface area contributed by atoms with Gasteiger partial charge >= 0.3 is 5.97 Å². The molecule has 0 saturated carbocycles. The summed E-state index contributed by atoms with van der Waals surface area (Å²) in [6, 6.07) is 6.19. The van der Waals surface area contributed by atoms with Gasteiger partial charge in [-0.2, -0.15) is 0 Å². The highest BCUT2D eigenvalue weighted by atomic mass is 32.2. The van der Waals surface area contributed by atoms with Gasteiger partial charge in [0.1, 0.15) is 0 Å². The monoisotopic (exact) mass is 344 g/mol. The van der Waals surface area contributed by atoms with Gasteiger partial charge in [-0.15, -0.1) is 0 Å². The van der Waals surface area contributed by atoms with Crippen LogP contribution in [0.25, 0.3) is 0 Å². The maximum absolute atomic E-state index is 11.7. The number of rotatable bonds is 9. The summed E-state index contributed by atoms with van der Waals surface area (Å²) in [7, 11) is -0.887. The van der Waals surface area contributed by atoms with Crippen LogP contribution in [-0.4, -0.2) is 52.2 Å². The van der Waals surface area contributed by atoms with Crippen LogP contribution in [0.2, 0.25) is 0 Å². The van der Waals surface area contributed by atoms with Gasteiger partial charge in [-0.1, -0.05) is 12.1 Å². The van der Waals surface area contributed by atoms with Crippen LogP contribution in [0.15, 0.2) is 29.2 Å². The van der Waals surface area contributed by atoms with Crippen LogP contribution in [0.1, 0.15) is 12.0 Å². The first-order valence-electron chi connectivity index (χ1n) is 6.85. The minimum Gasteiger partial charge on any atom is -0.479 e. The Labute approximate surface area is 134 Å². The summed E-state index contributed by atoms with van der Waals surface area (Å²) < 4.78 is 30.1. The van der Waals surface area contributed by atoms with Gasteiger partial charge in [0.05, 0.1) is 11.4 Å². The van der Waals surface area contributed by atoms with Crippen LogP contribution in [0.3, 0.4) is 0 Å². The highest BCUT2D eigenvalue weighted by molar-refractivity contribution is 7.89. The van der Waals surface area contributed by atoms with E-state index in [0.717, 1.165) is 5.56 Å². The van der Waals surface area contributed by atoms with Crippen molar-refractivity contribution in [3.05, 3.63) is 29.8 Å². The average molecular weight is 344 g/mol. The maximum atomic E-state index is 11.7. The van der Waals surface area contributed by atoms with Gasteiger partial charge in [0.2, 0.25) is 15.9 Å². The first-order valence-corrected chi connectivity index (χ1v) is 8.33. The van der Waals surface area contributed by atoms with Crippen LogP contribution in [0.5, 0.6) is 0 Å². The van der Waals surface area contributed by atoms with Crippen molar-refractivity contribution in [1.29, 1.82) is 0 Å². The van der Waals surface area contributed by atoms with Gasteiger partial charge < -0.3 is 15.2 Å². The number of methoxy groups -OCH3 is 1. The fourth-order valence-electron chi connectivity index (χ4n) is 1.78. The van der Waals surface area contributed by atoms with Crippen LogP contribution in [0.4, 0.5) is 0 Å². The van der Waals surface area contributed by atoms with Gasteiger partial charge in [-0.3, -0.25) is 4.79 Å². The Kier molecular flexibility index (Phi) is 7.14. The van der Waals surface area contributed by atoms with Crippen molar-refractivity contribution in [3.8, 4) is 0 Å². The summed E-state index contributed by atoms with van der Waals surface area (Å²) in [5.74, 6) is -1.45. The quantitative estimate of drug-likeness (QED) is 0.567. The van der Waals surface area contributed by atoms with E-state index in [-0.39, 0.29) is 23.8 Å². The first-order chi connectivity index (χ1) is 10.8. The molecular formula is C14H20N2O6S. The standard InChI is InChI=1S/C14H20N2O6S/c1-15-23(20,21)11-6-3-10(4-7-11)5-8-13(17)16-9-12(22-2)14(18)19/h3-4,6-7,12,15H,5,8-9H2,1-2H3,(H,16,17)(H,18,19). The predicted molar refractivity (Wildman–Crippen MR) is 82.5 cm³/mol. The Balaban J connectivity index is 2.49. The van der Waals surface area contributed by atoms with E-state index in [1.54, 1.807) is 12.1 Å². The molecule has 0 aliphatic rings. The molecule has 1 aromatic carbocycles. The molecule has 1 atom stereocenters. The number of carboxylic acids is 1. The number of benzene rings is 1. The molecule has 23 heavy (non-hydrogen) atoms. The van der Waals surface area contributed by atoms with E-state index in [9.17, 15) is 18.0 Å². The molecule has 0 heterocycles. The first kappa shape index (κ1) is 19.1. The Morgan fingerprint density at radius 3 is 2.35 bits per heavy atom. The molecule has 0 bridgehead atoms. The van der Waals surface area contributed by atoms with E-state index in [1.165, 1.54) is 26.3 Å². The molecular weight excluding hydrogens is 324 g/mol. The summed E-state index contributed by atoms with van der Waals surface area (Å²) >= 11 is 0. The predicted octanol–water partition coefficient (Wildman–Crippen LogP) is -0.257. The van der Waals surface area contributed by atoms with E-state index < -0.39 is 22.1 Å². The molecule has 8 nitrogen and oxygen atoms in total. The van der Waals surface area contributed by atoms with Gasteiger partial charge in [-0.05, 0) is 31.2 Å². The summed E-state index contributed by atoms with van der Waals surface area (Å²) in [4.78, 5) is 22.5. The fourth-order valence-corrected chi connectivity index (χ4v) is 2.51. The van der Waals surface area contributed by atoms with Crippen molar-refractivity contribution >= 4 is 21.9 Å². The highest BCUT2D eigenvalue weighted by Crippen LogP contribution is 2.11. The van der Waals surface area contributed by atoms with Gasteiger partial charge in [0.15, 0.2) is 6.10 Å². The lowest BCUT2D eigenvalue weighted by molar-refractivity contribution is -0.148. The van der Waals surface area contributed by atoms with Crippen molar-refractivity contribution in [2.45, 2.75) is 23.8 Å². The molecule has 128 valence electrons. The van der Waals surface area contributed by atoms with Crippen LogP contribution < -0.4 is 10.0 Å². The minimum absolute atomic E-state index is 0.107. The van der Waals surface area contributed by atoms with Crippen LogP contribution >= 0.6 is 0 Å². The molecule has 0 aliphatic carbocycles. The number of sulfonamides is 1. The van der Waals surface area contributed by atoms with Gasteiger partial charge in [-0.25, -0.2) is 17.9 Å². The Hall–Kier alpha value is -1.97. The topological polar surface area (TPSA) is 122 Å². The second kappa shape index (κ2) is 8.61. The SMILES string of the molecule is CNS(=O)(=O)c1ccc(CCC(=O)NCC(OC)C(=O)O)cc1. The number of aliphatic carboxylic acids is 1. The highest BCUT2D eigenvalue weighted by Gasteiger charge is 2.17. The molecule has 1 aromatic rings. The van der Waals surface area contributed by atoms with Gasteiger partial charge in [0, 0.05) is 13.5 Å². The van der Waals surface area contributed by atoms with Gasteiger partial charge in [0.25, 0.3) is 0 Å². The van der Waals surface area contributed by atoms with Crippen LogP contribution in [0, 0.1) is 0 Å². The number of carbonyl (C=O) groups excluding carboxylic acids is 1. The number of hydrogen-bond acceptors (Lipinski definition) is 5. The number of aryl methyl sites for hydroxylation is 1. The third-order valence-electron chi connectivity index (χ3n) is 3.19. The molecule has 3 N–H and O–H groups in total. The molecule has 1 amide bonds. The second-order valence-electron chi connectivity index (χ2n) is 4.72. The number of hydrogen-bond donors (Lipinski definition) is 3. The molecule has 1 unspecified atom stereocenters. The minimum atomic E-state index is -3.47. The van der Waals surface area contributed by atoms with Crippen molar-refractivity contribution < 1.29 is 27.9 Å². The lowest BCUT2D eigenvalue weighted by Crippen LogP contribution is -2.37. The summed E-state index contributed by atoms with van der Waals surface area (Å²) in [5, 5.41) is 11.3. The molecule has 0 radical (unpaired) electrons. The fraction of sp³-hybridized carbons (Fsp3) is 0.429.